The molecule has 5 heterocycles. The quantitative estimate of drug-likeness (QED) is 0.194. The molecule has 14 heteroatoms. The van der Waals surface area contributed by atoms with Crippen LogP contribution in [0.15, 0.2) is 45.4 Å². The molecule has 0 bridgehead atoms. The number of nitrogens with zero attached hydrogens (tertiary/aromatic N) is 4. The topological polar surface area (TPSA) is 159 Å². The van der Waals surface area contributed by atoms with Gasteiger partial charge in [-0.25, -0.2) is 4.98 Å². The predicted octanol–water partition coefficient (Wildman–Crippen LogP) is -1.26. The number of nitrogens with one attached hydrogen (secondary N) is 1. The molecule has 4 aliphatic heterocycles. The van der Waals surface area contributed by atoms with E-state index >= 15 is 0 Å². The zero-order valence-electron chi connectivity index (χ0n) is 18.8. The highest BCUT2D eigenvalue weighted by molar-refractivity contribution is 8.00. The molecular formula is C21H22N6O6S2. The summed E-state index contributed by atoms with van der Waals surface area (Å²) in [4.78, 5) is 48.0. The first-order chi connectivity index (χ1) is 16.7. The van der Waals surface area contributed by atoms with Gasteiger partial charge < -0.3 is 30.5 Å². The molecule has 0 aromatic carbocycles. The van der Waals surface area contributed by atoms with Gasteiger partial charge in [-0.05, 0) is 0 Å². The summed E-state index contributed by atoms with van der Waals surface area (Å²) in [6, 6.07) is -0.932. The van der Waals surface area contributed by atoms with Crippen molar-refractivity contribution >= 4 is 51.7 Å². The maximum atomic E-state index is 13.0. The minimum absolute atomic E-state index is 0.133. The van der Waals surface area contributed by atoms with Crippen molar-refractivity contribution in [3.63, 3.8) is 0 Å². The molecule has 3 N–H and O–H groups in total. The van der Waals surface area contributed by atoms with Crippen LogP contribution in [-0.2, 0) is 24.0 Å². The van der Waals surface area contributed by atoms with Crippen molar-refractivity contribution in [2.45, 2.75) is 11.4 Å². The van der Waals surface area contributed by atoms with Crippen molar-refractivity contribution in [1.82, 2.24) is 15.2 Å². The molecule has 0 saturated carbocycles. The van der Waals surface area contributed by atoms with E-state index in [9.17, 15) is 19.5 Å². The second-order valence-electron chi connectivity index (χ2n) is 8.60. The third-order valence-corrected chi connectivity index (χ3v) is 8.06. The van der Waals surface area contributed by atoms with Gasteiger partial charge in [-0.1, -0.05) is 5.16 Å². The van der Waals surface area contributed by atoms with Gasteiger partial charge in [0.1, 0.15) is 43.2 Å². The zero-order chi connectivity index (χ0) is 24.9. The number of hydrogen-bond donors (Lipinski definition) is 2. The lowest BCUT2D eigenvalue weighted by Crippen LogP contribution is -2.71. The van der Waals surface area contributed by atoms with Crippen LogP contribution in [0.1, 0.15) is 5.69 Å². The number of quaternary nitrogens is 1. The molecule has 2 fully saturated rings. The Morgan fingerprint density at radius 1 is 1.40 bits per heavy atom. The van der Waals surface area contributed by atoms with Crippen LogP contribution in [-0.4, -0.2) is 88.9 Å². The first-order valence-electron chi connectivity index (χ1n) is 10.6. The lowest BCUT2D eigenvalue weighted by atomic mass is 10.0. The number of fused-ring (bicyclic) bond motifs is 2. The number of carbonyl (C=O) groups is 3. The Balaban J connectivity index is 1.34. The van der Waals surface area contributed by atoms with Crippen molar-refractivity contribution in [2.24, 2.45) is 5.16 Å². The van der Waals surface area contributed by atoms with E-state index < -0.39 is 29.2 Å². The molecular weight excluding hydrogens is 496 g/mol. The average Bonchev–Trinajstić information content (AvgIpc) is 3.50. The van der Waals surface area contributed by atoms with Crippen LogP contribution in [0.2, 0.25) is 0 Å². The van der Waals surface area contributed by atoms with E-state index in [1.54, 1.807) is 5.38 Å². The summed E-state index contributed by atoms with van der Waals surface area (Å²) in [5.41, 5.74) is 8.39. The molecule has 0 unspecified atom stereocenters. The van der Waals surface area contributed by atoms with E-state index in [1.807, 2.05) is 19.4 Å². The number of nitrogen functional groups attached to an aromatic ring is 1. The van der Waals surface area contributed by atoms with Crippen molar-refractivity contribution < 1.29 is 33.5 Å². The number of thioether (sulfide) groups is 1. The van der Waals surface area contributed by atoms with Gasteiger partial charge in [-0.3, -0.25) is 19.0 Å². The van der Waals surface area contributed by atoms with E-state index in [0.717, 1.165) is 22.5 Å². The summed E-state index contributed by atoms with van der Waals surface area (Å²) in [5.74, 6) is -2.25. The number of oxime groups is 1. The van der Waals surface area contributed by atoms with Gasteiger partial charge >= 0.3 is 0 Å². The number of thiazole rings is 1. The molecule has 0 aliphatic carbocycles. The molecule has 0 radical (unpaired) electrons. The van der Waals surface area contributed by atoms with Crippen LogP contribution in [0.4, 0.5) is 5.13 Å². The molecule has 184 valence electrons. The number of hydrogen-bond acceptors (Lipinski definition) is 11. The van der Waals surface area contributed by atoms with Crippen molar-refractivity contribution in [3.05, 3.63) is 45.9 Å². The van der Waals surface area contributed by atoms with E-state index in [1.165, 1.54) is 23.8 Å². The SMILES string of the molecule is CO/N=C(\C(=O)N[C@@H]1C(=O)N2C(C(=O)[O-])=C(C[N+]3(C)C=C4COCC4=C3)CS[C@H]12)c1csc(N)n1. The average molecular weight is 519 g/mol. The number of aliphatic carboxylic acids is 1. The number of carboxylic acids is 1. The molecule has 2 atom stereocenters. The number of rotatable bonds is 7. The summed E-state index contributed by atoms with van der Waals surface area (Å²) >= 11 is 2.52. The van der Waals surface area contributed by atoms with Crippen LogP contribution in [0, 0.1) is 0 Å². The van der Waals surface area contributed by atoms with Gasteiger partial charge in [0.15, 0.2) is 10.8 Å². The first kappa shape index (κ1) is 23.5. The fourth-order valence-corrected chi connectivity index (χ4v) is 6.53. The molecule has 2 saturated heterocycles. The Morgan fingerprint density at radius 2 is 2.11 bits per heavy atom. The number of nitrogens with two attached hydrogens (primary N) is 1. The largest absolute Gasteiger partial charge is 0.543 e. The summed E-state index contributed by atoms with van der Waals surface area (Å²) in [5, 5.41) is 19.7. The molecule has 1 aromatic rings. The Hall–Kier alpha value is -3.20. The number of carboxylic acid groups (broad SMARTS) is 1. The molecule has 1 aromatic heterocycles. The van der Waals surface area contributed by atoms with E-state index in [4.69, 9.17) is 15.3 Å². The minimum atomic E-state index is -1.42. The summed E-state index contributed by atoms with van der Waals surface area (Å²) in [6.07, 6.45) is 4.09. The lowest BCUT2D eigenvalue weighted by molar-refractivity contribution is -0.799. The third kappa shape index (κ3) is 4.11. The summed E-state index contributed by atoms with van der Waals surface area (Å²) in [7, 11) is 3.25. The Bertz CT molecular complexity index is 1230. The predicted molar refractivity (Wildman–Crippen MR) is 125 cm³/mol. The van der Waals surface area contributed by atoms with Gasteiger partial charge in [0.05, 0.1) is 31.9 Å². The molecule has 5 rings (SSSR count). The fraction of sp³-hybridized carbons (Fsp3) is 0.381. The number of carbonyl (C=O) groups excluding carboxylic acids is 3. The molecule has 12 nitrogen and oxygen atoms in total. The zero-order valence-corrected chi connectivity index (χ0v) is 20.5. The first-order valence-corrected chi connectivity index (χ1v) is 12.5. The number of anilines is 1. The fourth-order valence-electron chi connectivity index (χ4n) is 4.64. The third-order valence-electron chi connectivity index (χ3n) is 6.05. The Morgan fingerprint density at radius 3 is 2.71 bits per heavy atom. The van der Waals surface area contributed by atoms with Crippen LogP contribution in [0.3, 0.4) is 0 Å². The molecule has 35 heavy (non-hydrogen) atoms. The highest BCUT2D eigenvalue weighted by Gasteiger charge is 2.53. The second kappa shape index (κ2) is 8.78. The van der Waals surface area contributed by atoms with Crippen molar-refractivity contribution in [1.29, 1.82) is 0 Å². The number of amides is 2. The van der Waals surface area contributed by atoms with Gasteiger partial charge in [0.25, 0.3) is 11.8 Å². The van der Waals surface area contributed by atoms with E-state index in [0.29, 0.717) is 35.6 Å². The standard InChI is InChI=1S/C21H22N6O6S2/c1-27(3-10-6-33-7-11(10)4-27)5-12-8-34-19-15(18(29)26(19)16(12)20(30)31)24-17(28)14(25-32-2)13-9-35-21(22)23-13/h3-4,9,15,19H,5-8H2,1-2H3,(H3-,22,23,24,28,30,31)/b25-14-/t15-,19-/m1/s1. The molecule has 2 amide bonds. The Labute approximate surface area is 208 Å². The number of likely N-dealkylation sites (N-methyl/N-ethyl adjacent to an activating group) is 1. The second-order valence-corrected chi connectivity index (χ2v) is 10.6. The maximum Gasteiger partial charge on any atom is 0.276 e. The van der Waals surface area contributed by atoms with Gasteiger partial charge in [-0.2, -0.15) is 0 Å². The van der Waals surface area contributed by atoms with Gasteiger partial charge in [-0.15, -0.1) is 23.1 Å². The maximum absolute atomic E-state index is 13.0. The summed E-state index contributed by atoms with van der Waals surface area (Å²) in [6.45, 7) is 1.46. The highest BCUT2D eigenvalue weighted by atomic mass is 32.2. The highest BCUT2D eigenvalue weighted by Crippen LogP contribution is 2.41. The normalized spacial score (nSPS) is 24.9. The smallest absolute Gasteiger partial charge is 0.276 e. The number of ether oxygens (including phenoxy) is 1. The monoisotopic (exact) mass is 518 g/mol. The molecule has 4 aliphatic rings. The lowest BCUT2D eigenvalue weighted by Gasteiger charge is -2.51. The van der Waals surface area contributed by atoms with Gasteiger partial charge in [0.2, 0.25) is 0 Å². The van der Waals surface area contributed by atoms with Crippen LogP contribution in [0.25, 0.3) is 0 Å². The Kier molecular flexibility index (Phi) is 5.91. The van der Waals surface area contributed by atoms with E-state index in [-0.39, 0.29) is 22.2 Å². The van der Waals surface area contributed by atoms with Crippen molar-refractivity contribution in [3.8, 4) is 0 Å². The van der Waals surface area contributed by atoms with Gasteiger partial charge in [0, 0.05) is 27.9 Å². The van der Waals surface area contributed by atoms with Crippen LogP contribution in [0.5, 0.6) is 0 Å². The van der Waals surface area contributed by atoms with Crippen LogP contribution >= 0.6 is 23.1 Å². The number of β-lactam (4-membered cyclic amide) rings is 1. The van der Waals surface area contributed by atoms with Crippen LogP contribution < -0.4 is 16.2 Å². The molecule has 0 spiro atoms. The van der Waals surface area contributed by atoms with Crippen molar-refractivity contribution in [2.75, 3.05) is 45.4 Å². The minimum Gasteiger partial charge on any atom is -0.543 e. The van der Waals surface area contributed by atoms with E-state index in [2.05, 4.69) is 15.5 Å². The summed E-state index contributed by atoms with van der Waals surface area (Å²) < 4.78 is 5.82. The number of aromatic nitrogens is 1.